The van der Waals surface area contributed by atoms with Crippen LogP contribution in [0.4, 0.5) is 8.78 Å². The minimum absolute atomic E-state index is 0.0215. The highest BCUT2D eigenvalue weighted by Gasteiger charge is 2.24. The third-order valence-corrected chi connectivity index (χ3v) is 4.06. The van der Waals surface area contributed by atoms with Gasteiger partial charge in [0.25, 0.3) is 0 Å². The van der Waals surface area contributed by atoms with Gasteiger partial charge in [-0.1, -0.05) is 6.92 Å². The Morgan fingerprint density at radius 3 is 2.52 bits per heavy atom. The molecule has 0 heterocycles. The van der Waals surface area contributed by atoms with E-state index in [0.717, 1.165) is 6.54 Å². The van der Waals surface area contributed by atoms with Crippen LogP contribution in [-0.2, 0) is 10.0 Å². The van der Waals surface area contributed by atoms with E-state index < -0.39 is 38.1 Å². The zero-order chi connectivity index (χ0) is 16.0. The van der Waals surface area contributed by atoms with Gasteiger partial charge in [0.1, 0.15) is 4.90 Å². The molecule has 0 aliphatic carbocycles. The molecule has 1 aromatic rings. The van der Waals surface area contributed by atoms with Crippen molar-refractivity contribution < 1.29 is 27.1 Å². The van der Waals surface area contributed by atoms with Crippen LogP contribution in [0.3, 0.4) is 0 Å². The monoisotopic (exact) mass is 322 g/mol. The van der Waals surface area contributed by atoms with Crippen molar-refractivity contribution in [3.63, 3.8) is 0 Å². The Morgan fingerprint density at radius 2 is 1.95 bits per heavy atom. The van der Waals surface area contributed by atoms with Crippen molar-refractivity contribution in [2.75, 3.05) is 19.6 Å². The average molecular weight is 322 g/mol. The standard InChI is InChI=1S/C12H16F2N2O4S/c1-2-15-4-3-5-16-21(19,20)10-7-8(12(17)18)6-9(13)11(10)14/h6-7,15-16H,2-5H2,1H3,(H,17,18). The lowest BCUT2D eigenvalue weighted by atomic mass is 10.2. The Balaban J connectivity index is 2.94. The summed E-state index contributed by atoms with van der Waals surface area (Å²) >= 11 is 0. The largest absolute Gasteiger partial charge is 0.478 e. The lowest BCUT2D eigenvalue weighted by Gasteiger charge is -2.09. The molecule has 0 atom stereocenters. The molecule has 0 aliphatic heterocycles. The Morgan fingerprint density at radius 1 is 1.29 bits per heavy atom. The molecule has 0 spiro atoms. The maximum absolute atomic E-state index is 13.6. The van der Waals surface area contributed by atoms with Gasteiger partial charge in [-0.2, -0.15) is 0 Å². The van der Waals surface area contributed by atoms with Gasteiger partial charge in [0.2, 0.25) is 10.0 Å². The van der Waals surface area contributed by atoms with Crippen molar-refractivity contribution in [3.8, 4) is 0 Å². The van der Waals surface area contributed by atoms with E-state index in [-0.39, 0.29) is 6.54 Å². The quantitative estimate of drug-likeness (QED) is 0.619. The van der Waals surface area contributed by atoms with Gasteiger partial charge in [-0.15, -0.1) is 0 Å². The topological polar surface area (TPSA) is 95.5 Å². The minimum atomic E-state index is -4.31. The molecule has 6 nitrogen and oxygen atoms in total. The predicted molar refractivity (Wildman–Crippen MR) is 71.7 cm³/mol. The molecule has 118 valence electrons. The first-order valence-corrected chi connectivity index (χ1v) is 7.70. The van der Waals surface area contributed by atoms with Crippen molar-refractivity contribution in [2.45, 2.75) is 18.2 Å². The Kier molecular flexibility index (Phi) is 6.19. The lowest BCUT2D eigenvalue weighted by molar-refractivity contribution is 0.0696. The number of sulfonamides is 1. The number of carboxylic acids is 1. The fourth-order valence-electron chi connectivity index (χ4n) is 1.56. The maximum Gasteiger partial charge on any atom is 0.335 e. The van der Waals surface area contributed by atoms with Crippen LogP contribution in [0.5, 0.6) is 0 Å². The molecule has 1 aromatic carbocycles. The average Bonchev–Trinajstić information content (AvgIpc) is 2.40. The zero-order valence-electron chi connectivity index (χ0n) is 11.3. The lowest BCUT2D eigenvalue weighted by Crippen LogP contribution is -2.28. The molecule has 0 bridgehead atoms. The van der Waals surface area contributed by atoms with Crippen LogP contribution in [-0.4, -0.2) is 39.1 Å². The normalized spacial score (nSPS) is 11.6. The summed E-state index contributed by atoms with van der Waals surface area (Å²) in [6.07, 6.45) is 0.454. The summed E-state index contributed by atoms with van der Waals surface area (Å²) in [5.74, 6) is -4.67. The van der Waals surface area contributed by atoms with E-state index in [1.807, 2.05) is 6.92 Å². The van der Waals surface area contributed by atoms with E-state index in [2.05, 4.69) is 10.0 Å². The van der Waals surface area contributed by atoms with Crippen LogP contribution < -0.4 is 10.0 Å². The number of carbonyl (C=O) groups is 1. The number of benzene rings is 1. The van der Waals surface area contributed by atoms with Crippen LogP contribution in [0.25, 0.3) is 0 Å². The van der Waals surface area contributed by atoms with Crippen molar-refractivity contribution in [1.82, 2.24) is 10.0 Å². The Bertz CT molecular complexity index is 620. The molecule has 9 heteroatoms. The molecular formula is C12H16F2N2O4S. The molecule has 0 aromatic heterocycles. The van der Waals surface area contributed by atoms with Gasteiger partial charge in [-0.05, 0) is 31.6 Å². The van der Waals surface area contributed by atoms with Crippen LogP contribution >= 0.6 is 0 Å². The fourth-order valence-corrected chi connectivity index (χ4v) is 2.74. The first kappa shape index (κ1) is 17.5. The van der Waals surface area contributed by atoms with Gasteiger partial charge in [0.05, 0.1) is 5.56 Å². The third-order valence-electron chi connectivity index (χ3n) is 2.60. The summed E-state index contributed by atoms with van der Waals surface area (Å²) in [7, 11) is -4.31. The highest BCUT2D eigenvalue weighted by molar-refractivity contribution is 7.89. The summed E-state index contributed by atoms with van der Waals surface area (Å²) in [5, 5.41) is 11.7. The molecule has 0 amide bonds. The molecule has 1 rings (SSSR count). The summed E-state index contributed by atoms with van der Waals surface area (Å²) in [6.45, 7) is 3.20. The number of hydrogen-bond donors (Lipinski definition) is 3. The second-order valence-corrected chi connectivity index (χ2v) is 5.92. The molecule has 21 heavy (non-hydrogen) atoms. The fraction of sp³-hybridized carbons (Fsp3) is 0.417. The van der Waals surface area contributed by atoms with Crippen molar-refractivity contribution in [2.24, 2.45) is 0 Å². The first-order chi connectivity index (χ1) is 9.79. The van der Waals surface area contributed by atoms with E-state index in [9.17, 15) is 22.0 Å². The number of aromatic carboxylic acids is 1. The zero-order valence-corrected chi connectivity index (χ0v) is 12.1. The van der Waals surface area contributed by atoms with E-state index in [1.54, 1.807) is 0 Å². The molecule has 0 saturated carbocycles. The smallest absolute Gasteiger partial charge is 0.335 e. The molecule has 0 radical (unpaired) electrons. The summed E-state index contributed by atoms with van der Waals surface area (Å²) in [6, 6.07) is 1.02. The van der Waals surface area contributed by atoms with E-state index >= 15 is 0 Å². The SMILES string of the molecule is CCNCCCNS(=O)(=O)c1cc(C(=O)O)cc(F)c1F. The van der Waals surface area contributed by atoms with E-state index in [1.165, 1.54) is 0 Å². The second kappa shape index (κ2) is 7.43. The van der Waals surface area contributed by atoms with Gasteiger partial charge in [0.15, 0.2) is 11.6 Å². The van der Waals surface area contributed by atoms with Crippen LogP contribution in [0.15, 0.2) is 17.0 Å². The number of carboxylic acid groups (broad SMARTS) is 1. The van der Waals surface area contributed by atoms with Gasteiger partial charge in [-0.25, -0.2) is 26.7 Å². The number of rotatable bonds is 8. The Labute approximate surface area is 121 Å². The highest BCUT2D eigenvalue weighted by atomic mass is 32.2. The predicted octanol–water partition coefficient (Wildman–Crippen LogP) is 0.941. The van der Waals surface area contributed by atoms with Crippen molar-refractivity contribution in [1.29, 1.82) is 0 Å². The van der Waals surface area contributed by atoms with Crippen LogP contribution in [0.1, 0.15) is 23.7 Å². The summed E-state index contributed by atoms with van der Waals surface area (Å²) < 4.78 is 52.7. The second-order valence-electron chi connectivity index (χ2n) is 4.18. The molecular weight excluding hydrogens is 306 g/mol. The highest BCUT2D eigenvalue weighted by Crippen LogP contribution is 2.19. The molecule has 0 fully saturated rings. The number of halogens is 2. The van der Waals surface area contributed by atoms with Gasteiger partial charge >= 0.3 is 5.97 Å². The molecule has 0 aliphatic rings. The Hall–Kier alpha value is -1.58. The summed E-state index contributed by atoms with van der Waals surface area (Å²) in [4.78, 5) is 9.75. The van der Waals surface area contributed by atoms with Crippen LogP contribution in [0, 0.1) is 11.6 Å². The minimum Gasteiger partial charge on any atom is -0.478 e. The maximum atomic E-state index is 13.6. The number of nitrogens with one attached hydrogen (secondary N) is 2. The van der Waals surface area contributed by atoms with Gasteiger partial charge < -0.3 is 10.4 Å². The van der Waals surface area contributed by atoms with Crippen molar-refractivity contribution in [3.05, 3.63) is 29.3 Å². The van der Waals surface area contributed by atoms with E-state index in [0.29, 0.717) is 25.1 Å². The third kappa shape index (κ3) is 4.73. The summed E-state index contributed by atoms with van der Waals surface area (Å²) in [5.41, 5.74) is -0.637. The molecule has 0 unspecified atom stereocenters. The first-order valence-electron chi connectivity index (χ1n) is 6.22. The van der Waals surface area contributed by atoms with E-state index in [4.69, 9.17) is 5.11 Å². The number of hydrogen-bond acceptors (Lipinski definition) is 4. The molecule has 0 saturated heterocycles. The van der Waals surface area contributed by atoms with Gasteiger partial charge in [-0.3, -0.25) is 0 Å². The molecule has 3 N–H and O–H groups in total. The van der Waals surface area contributed by atoms with Crippen LogP contribution in [0.2, 0.25) is 0 Å². The van der Waals surface area contributed by atoms with Crippen molar-refractivity contribution >= 4 is 16.0 Å². The van der Waals surface area contributed by atoms with Gasteiger partial charge in [0, 0.05) is 6.54 Å².